The third kappa shape index (κ3) is 1.47. The van der Waals surface area contributed by atoms with Crippen LogP contribution in [0.2, 0.25) is 0 Å². The Bertz CT molecular complexity index is 18.0. The minimum absolute atomic E-state index is 1.70. The van der Waals surface area contributed by atoms with Gasteiger partial charge in [0, 0.05) is 0 Å². The molecular formula is C2H6N2+. The van der Waals surface area contributed by atoms with E-state index >= 15 is 0 Å². The third-order valence-electron chi connectivity index (χ3n) is 0.158. The molecule has 0 atom stereocenters. The van der Waals surface area contributed by atoms with Crippen molar-refractivity contribution in [1.82, 2.24) is 10.5 Å². The van der Waals surface area contributed by atoms with E-state index in [2.05, 4.69) is 17.2 Å². The molecule has 0 aromatic carbocycles. The average Bonchev–Trinajstić information content (AvgIpc) is 1.37. The van der Waals surface area contributed by atoms with Gasteiger partial charge in [-0.15, -0.1) is 5.43 Å². The van der Waals surface area contributed by atoms with Crippen molar-refractivity contribution in [3.63, 3.8) is 0 Å². The molecule has 2 heteroatoms. The lowest BCUT2D eigenvalue weighted by Crippen LogP contribution is -2.04. The van der Waals surface area contributed by atoms with Crippen LogP contribution in [0.1, 0.15) is 0 Å². The highest BCUT2D eigenvalue weighted by atomic mass is 15.2. The molecule has 0 fully saturated rings. The summed E-state index contributed by atoms with van der Waals surface area (Å²) in [5.41, 5.74) is 2.44. The largest absolute Gasteiger partial charge is 0.239 e. The number of hydrogen-bond donors (Lipinski definition) is 1. The fraction of sp³-hybridized carbons (Fsp3) is 0.500. The van der Waals surface area contributed by atoms with Crippen molar-refractivity contribution >= 4 is 6.72 Å². The molecule has 1 N–H and O–H groups in total. The van der Waals surface area contributed by atoms with Crippen LogP contribution in [0, 0.1) is 0 Å². The topological polar surface area (TPSA) is 26.1 Å². The first-order valence-corrected chi connectivity index (χ1v) is 1.04. The Hall–Kier alpha value is -0.530. The highest BCUT2D eigenvalue weighted by Gasteiger charge is 1.54. The second-order valence-electron chi connectivity index (χ2n) is 0.382. The molecular weight excluding hydrogens is 52.0 g/mol. The molecule has 0 aromatic heterocycles. The Morgan fingerprint density at radius 3 is 2.25 bits per heavy atom. The Labute approximate surface area is 25.5 Å². The van der Waals surface area contributed by atoms with Gasteiger partial charge in [0.2, 0.25) is 6.72 Å². The van der Waals surface area contributed by atoms with Crippen molar-refractivity contribution < 1.29 is 0 Å². The predicted octanol–water partition coefficient (Wildman–Crippen LogP) is -0.843. The molecule has 0 rings (SSSR count). The fourth-order valence-electron chi connectivity index (χ4n) is 0. The minimum Gasteiger partial charge on any atom is -0.137 e. The van der Waals surface area contributed by atoms with Gasteiger partial charge in [-0.2, -0.15) is 0 Å². The molecule has 0 aromatic rings. The zero-order chi connectivity index (χ0) is 3.41. The van der Waals surface area contributed by atoms with Gasteiger partial charge in [0.1, 0.15) is 0 Å². The highest BCUT2D eigenvalue weighted by Crippen LogP contribution is 1.02. The normalized spacial score (nSPS) is 5.25. The van der Waals surface area contributed by atoms with E-state index in [1.165, 1.54) is 0 Å². The molecule has 0 aliphatic carbocycles. The zero-order valence-electron chi connectivity index (χ0n) is 2.65. The van der Waals surface area contributed by atoms with E-state index < -0.39 is 0 Å². The van der Waals surface area contributed by atoms with Crippen molar-refractivity contribution in [2.24, 2.45) is 0 Å². The Morgan fingerprint density at radius 1 is 2.00 bits per heavy atom. The highest BCUT2D eigenvalue weighted by molar-refractivity contribution is 5.19. The maximum atomic E-state index is 3.24. The van der Waals surface area contributed by atoms with Gasteiger partial charge in [0.15, 0.2) is 5.10 Å². The molecule has 23 valence electrons. The van der Waals surface area contributed by atoms with Gasteiger partial charge in [-0.1, -0.05) is 0 Å². The Kier molecular flexibility index (Phi) is 2.14. The smallest absolute Gasteiger partial charge is 0.137 e. The fourth-order valence-corrected chi connectivity index (χ4v) is 0. The summed E-state index contributed by atoms with van der Waals surface area (Å²) in [6, 6.07) is 0. The summed E-state index contributed by atoms with van der Waals surface area (Å²) in [6.45, 7) is 3.12. The Balaban J connectivity index is 2.30. The van der Waals surface area contributed by atoms with E-state index in [4.69, 9.17) is 0 Å². The molecule has 1 radical (unpaired) electrons. The van der Waals surface area contributed by atoms with E-state index in [1.807, 2.05) is 0 Å². The monoisotopic (exact) mass is 58.1 g/mol. The number of hydrogen-bond acceptors (Lipinski definition) is 2. The molecule has 0 bridgehead atoms. The van der Waals surface area contributed by atoms with Crippen molar-refractivity contribution in [3.05, 3.63) is 0 Å². The van der Waals surface area contributed by atoms with Crippen LogP contribution in [0.15, 0.2) is 0 Å². The van der Waals surface area contributed by atoms with Gasteiger partial charge in [0.25, 0.3) is 0 Å². The van der Waals surface area contributed by atoms with Crippen molar-refractivity contribution in [1.29, 1.82) is 0 Å². The molecule has 2 nitrogen and oxygen atoms in total. The van der Waals surface area contributed by atoms with Crippen LogP contribution in [0.3, 0.4) is 0 Å². The van der Waals surface area contributed by atoms with E-state index in [9.17, 15) is 0 Å². The quantitative estimate of drug-likeness (QED) is 0.309. The van der Waals surface area contributed by atoms with Crippen LogP contribution in [0.4, 0.5) is 0 Å². The summed E-state index contributed by atoms with van der Waals surface area (Å²) in [5, 5.41) is 3.24. The van der Waals surface area contributed by atoms with Gasteiger partial charge >= 0.3 is 0 Å². The van der Waals surface area contributed by atoms with E-state index in [0.29, 0.717) is 0 Å². The first kappa shape index (κ1) is 3.47. The van der Waals surface area contributed by atoms with Crippen LogP contribution in [-0.2, 0) is 0 Å². The lowest BCUT2D eigenvalue weighted by Gasteiger charge is -1.50. The van der Waals surface area contributed by atoms with E-state index in [1.54, 1.807) is 7.05 Å². The van der Waals surface area contributed by atoms with Crippen LogP contribution >= 0.6 is 0 Å². The van der Waals surface area contributed by atoms with Gasteiger partial charge in [-0.3, -0.25) is 0 Å². The summed E-state index contributed by atoms with van der Waals surface area (Å²) in [6.07, 6.45) is 0. The minimum atomic E-state index is 1.70. The first-order chi connectivity index (χ1) is 1.91. The number of nitrogens with zero attached hydrogens (tertiary/aromatic N) is 1. The van der Waals surface area contributed by atoms with Crippen LogP contribution in [0.5, 0.6) is 0 Å². The number of nitrogens with one attached hydrogen (secondary N) is 1. The summed E-state index contributed by atoms with van der Waals surface area (Å²) in [4.78, 5) is 0. The maximum absolute atomic E-state index is 3.24. The van der Waals surface area contributed by atoms with Crippen molar-refractivity contribution in [2.75, 3.05) is 7.05 Å². The molecule has 0 aliphatic rings. The van der Waals surface area contributed by atoms with Crippen LogP contribution < -0.4 is 10.5 Å². The van der Waals surface area contributed by atoms with Gasteiger partial charge in [-0.05, 0) is 0 Å². The average molecular weight is 58.1 g/mol. The van der Waals surface area contributed by atoms with Crippen LogP contribution in [-0.4, -0.2) is 13.8 Å². The van der Waals surface area contributed by atoms with Crippen molar-refractivity contribution in [3.8, 4) is 0 Å². The van der Waals surface area contributed by atoms with Gasteiger partial charge < -0.3 is 0 Å². The molecule has 0 unspecified atom stereocenters. The predicted molar refractivity (Wildman–Crippen MR) is 18.3 cm³/mol. The third-order valence-corrected chi connectivity index (χ3v) is 0.158. The Morgan fingerprint density at radius 2 is 2.25 bits per heavy atom. The molecule has 0 aliphatic heterocycles. The lowest BCUT2D eigenvalue weighted by atomic mass is 11.5. The van der Waals surface area contributed by atoms with E-state index in [-0.39, 0.29) is 0 Å². The summed E-state index contributed by atoms with van der Waals surface area (Å²) < 4.78 is 0. The molecule has 0 amide bonds. The van der Waals surface area contributed by atoms with Crippen LogP contribution in [0.25, 0.3) is 0 Å². The summed E-state index contributed by atoms with van der Waals surface area (Å²) in [5.74, 6) is 0. The molecule has 0 saturated carbocycles. The molecule has 0 saturated heterocycles. The zero-order valence-corrected chi connectivity index (χ0v) is 2.65. The first-order valence-electron chi connectivity index (χ1n) is 1.04. The summed E-state index contributed by atoms with van der Waals surface area (Å²) in [7, 11) is 1.70. The maximum Gasteiger partial charge on any atom is 0.239 e. The SMILES string of the molecule is C=[N+]NC. The molecule has 0 heterocycles. The van der Waals surface area contributed by atoms with Crippen molar-refractivity contribution in [2.45, 2.75) is 0 Å². The lowest BCUT2D eigenvalue weighted by molar-refractivity contribution is 0.820. The standard InChI is InChI=1S/C2H6N2/c1-3-4-2/h4H,1H2,2H3/q+1. The second-order valence-corrected chi connectivity index (χ2v) is 0.382. The van der Waals surface area contributed by atoms with Gasteiger partial charge in [-0.25, -0.2) is 0 Å². The molecule has 0 spiro atoms. The van der Waals surface area contributed by atoms with Gasteiger partial charge in [0.05, 0.1) is 7.05 Å². The number of rotatable bonds is 1. The second kappa shape index (κ2) is 2.47. The van der Waals surface area contributed by atoms with E-state index in [0.717, 1.165) is 0 Å². The molecule has 4 heavy (non-hydrogen) atoms. The summed E-state index contributed by atoms with van der Waals surface area (Å²) >= 11 is 0. The number of hydrazone groups is 1.